The molecule has 0 bridgehead atoms. The molecular weight excluding hydrogens is 354 g/mol. The van der Waals surface area contributed by atoms with Crippen molar-refractivity contribution in [1.82, 2.24) is 9.88 Å². The maximum absolute atomic E-state index is 12.5. The van der Waals surface area contributed by atoms with Crippen LogP contribution in [0.2, 0.25) is 0 Å². The summed E-state index contributed by atoms with van der Waals surface area (Å²) in [5, 5.41) is 12.3. The molecule has 0 fully saturated rings. The summed E-state index contributed by atoms with van der Waals surface area (Å²) in [6.07, 6.45) is 2.36. The van der Waals surface area contributed by atoms with Crippen molar-refractivity contribution in [2.45, 2.75) is 33.2 Å². The average Bonchev–Trinajstić information content (AvgIpc) is 2.98. The van der Waals surface area contributed by atoms with Crippen LogP contribution in [0.15, 0.2) is 35.9 Å². The van der Waals surface area contributed by atoms with Crippen molar-refractivity contribution >= 4 is 12.0 Å². The van der Waals surface area contributed by atoms with Crippen molar-refractivity contribution in [2.24, 2.45) is 0 Å². The van der Waals surface area contributed by atoms with Gasteiger partial charge in [0.2, 0.25) is 0 Å². The molecule has 1 N–H and O–H groups in total. The molecule has 1 unspecified atom stereocenters. The van der Waals surface area contributed by atoms with Gasteiger partial charge < -0.3 is 19.4 Å². The Hall–Kier alpha value is -3.04. The lowest BCUT2D eigenvalue weighted by Gasteiger charge is -2.15. The van der Waals surface area contributed by atoms with Gasteiger partial charge in [0.25, 0.3) is 5.91 Å². The molecule has 0 aliphatic rings. The summed E-state index contributed by atoms with van der Waals surface area (Å²) < 4.78 is 12.4. The summed E-state index contributed by atoms with van der Waals surface area (Å²) in [6.45, 7) is 6.33. The Bertz CT molecular complexity index is 889. The minimum Gasteiger partial charge on any atom is -0.497 e. The van der Waals surface area contributed by atoms with E-state index in [1.807, 2.05) is 57.2 Å². The molecule has 1 amide bonds. The van der Waals surface area contributed by atoms with E-state index < -0.39 is 0 Å². The fraction of sp³-hybridized carbons (Fsp3) is 0.364. The van der Waals surface area contributed by atoms with E-state index in [-0.39, 0.29) is 17.5 Å². The van der Waals surface area contributed by atoms with Gasteiger partial charge in [0.15, 0.2) is 0 Å². The smallest absolute Gasteiger partial charge is 0.262 e. The highest BCUT2D eigenvalue weighted by atomic mass is 16.5. The van der Waals surface area contributed by atoms with E-state index in [0.29, 0.717) is 6.61 Å². The zero-order valence-corrected chi connectivity index (χ0v) is 17.1. The maximum atomic E-state index is 12.5. The van der Waals surface area contributed by atoms with Crippen LogP contribution in [0.1, 0.15) is 30.3 Å². The van der Waals surface area contributed by atoms with Gasteiger partial charge in [-0.15, -0.1) is 0 Å². The number of benzene rings is 1. The number of amides is 1. The van der Waals surface area contributed by atoms with Crippen LogP contribution < -0.4 is 10.1 Å². The molecule has 1 aromatic heterocycles. The summed E-state index contributed by atoms with van der Waals surface area (Å²) in [6, 6.07) is 11.6. The van der Waals surface area contributed by atoms with E-state index in [0.717, 1.165) is 34.8 Å². The number of nitrogens with zero attached hydrogens (tertiary/aromatic N) is 2. The van der Waals surface area contributed by atoms with Gasteiger partial charge in [0.1, 0.15) is 17.4 Å². The molecule has 28 heavy (non-hydrogen) atoms. The molecule has 1 heterocycles. The summed E-state index contributed by atoms with van der Waals surface area (Å²) >= 11 is 0. The number of carbonyl (C=O) groups is 1. The lowest BCUT2D eigenvalue weighted by Crippen LogP contribution is -2.38. The first-order valence-corrected chi connectivity index (χ1v) is 9.20. The Morgan fingerprint density at radius 3 is 2.50 bits per heavy atom. The number of rotatable bonds is 8. The molecule has 0 saturated carbocycles. The number of carbonyl (C=O) groups excluding carboxylic acids is 1. The second kappa shape index (κ2) is 9.77. The standard InChI is InChI=1S/C22H27N3O3/c1-6-19(14-27-4)24-22(26)18(13-23)12-17-11-15(2)25(16(17)3)20-7-9-21(28-5)10-8-20/h7-12,19H,6,14H2,1-5H3,(H,24,26)/b18-12-. The molecule has 2 aromatic rings. The number of ether oxygens (including phenoxy) is 2. The zero-order chi connectivity index (χ0) is 20.7. The van der Waals surface area contributed by atoms with Crippen LogP contribution in [-0.2, 0) is 9.53 Å². The number of hydrogen-bond donors (Lipinski definition) is 1. The predicted octanol–water partition coefficient (Wildman–Crippen LogP) is 3.55. The molecule has 1 aromatic carbocycles. The van der Waals surface area contributed by atoms with Gasteiger partial charge in [-0.05, 0) is 62.2 Å². The number of nitrogens with one attached hydrogen (secondary N) is 1. The van der Waals surface area contributed by atoms with Crippen molar-refractivity contribution in [1.29, 1.82) is 5.26 Å². The van der Waals surface area contributed by atoms with Crippen LogP contribution in [-0.4, -0.2) is 37.3 Å². The quantitative estimate of drug-likeness (QED) is 0.560. The summed E-state index contributed by atoms with van der Waals surface area (Å²) in [5.74, 6) is 0.400. The van der Waals surface area contributed by atoms with Crippen molar-refractivity contribution in [3.8, 4) is 17.5 Å². The van der Waals surface area contributed by atoms with Crippen molar-refractivity contribution in [3.63, 3.8) is 0 Å². The number of aromatic nitrogens is 1. The van der Waals surface area contributed by atoms with Crippen molar-refractivity contribution in [3.05, 3.63) is 52.9 Å². The fourth-order valence-corrected chi connectivity index (χ4v) is 3.09. The van der Waals surface area contributed by atoms with E-state index >= 15 is 0 Å². The maximum Gasteiger partial charge on any atom is 0.262 e. The molecule has 2 rings (SSSR count). The molecule has 6 nitrogen and oxygen atoms in total. The Morgan fingerprint density at radius 2 is 1.96 bits per heavy atom. The van der Waals surface area contributed by atoms with Gasteiger partial charge in [0, 0.05) is 24.2 Å². The first kappa shape index (κ1) is 21.3. The molecular formula is C22H27N3O3. The lowest BCUT2D eigenvalue weighted by atomic mass is 10.1. The van der Waals surface area contributed by atoms with E-state index in [1.165, 1.54) is 0 Å². The van der Waals surface area contributed by atoms with Crippen LogP contribution in [0.4, 0.5) is 0 Å². The van der Waals surface area contributed by atoms with E-state index in [1.54, 1.807) is 20.3 Å². The normalized spacial score (nSPS) is 12.4. The number of methoxy groups -OCH3 is 2. The average molecular weight is 381 g/mol. The molecule has 0 saturated heterocycles. The summed E-state index contributed by atoms with van der Waals surface area (Å²) in [4.78, 5) is 12.5. The largest absolute Gasteiger partial charge is 0.497 e. The van der Waals surface area contributed by atoms with Gasteiger partial charge >= 0.3 is 0 Å². The Kier molecular flexibility index (Phi) is 7.42. The highest BCUT2D eigenvalue weighted by molar-refractivity contribution is 6.02. The lowest BCUT2D eigenvalue weighted by molar-refractivity contribution is -0.118. The van der Waals surface area contributed by atoms with Gasteiger partial charge in [-0.25, -0.2) is 0 Å². The number of nitriles is 1. The van der Waals surface area contributed by atoms with Gasteiger partial charge in [-0.3, -0.25) is 4.79 Å². The highest BCUT2D eigenvalue weighted by Crippen LogP contribution is 2.24. The van der Waals surface area contributed by atoms with Crippen LogP contribution in [0.25, 0.3) is 11.8 Å². The predicted molar refractivity (Wildman–Crippen MR) is 109 cm³/mol. The van der Waals surface area contributed by atoms with E-state index in [2.05, 4.69) is 9.88 Å². The molecule has 1 atom stereocenters. The second-order valence-electron chi connectivity index (χ2n) is 6.56. The van der Waals surface area contributed by atoms with Crippen LogP contribution in [0, 0.1) is 25.2 Å². The first-order chi connectivity index (χ1) is 13.4. The minimum atomic E-state index is -0.388. The second-order valence-corrected chi connectivity index (χ2v) is 6.56. The SMILES string of the molecule is CCC(COC)NC(=O)/C(C#N)=C\c1cc(C)n(-c2ccc(OC)cc2)c1C. The van der Waals surface area contributed by atoms with Crippen LogP contribution in [0.5, 0.6) is 5.75 Å². The zero-order valence-electron chi connectivity index (χ0n) is 17.1. The van der Waals surface area contributed by atoms with Crippen LogP contribution in [0.3, 0.4) is 0 Å². The molecule has 0 aliphatic heterocycles. The van der Waals surface area contributed by atoms with E-state index in [4.69, 9.17) is 9.47 Å². The Morgan fingerprint density at radius 1 is 1.29 bits per heavy atom. The number of hydrogen-bond acceptors (Lipinski definition) is 4. The molecule has 0 radical (unpaired) electrons. The molecule has 6 heteroatoms. The third kappa shape index (κ3) is 4.81. The van der Waals surface area contributed by atoms with E-state index in [9.17, 15) is 10.1 Å². The van der Waals surface area contributed by atoms with Crippen molar-refractivity contribution in [2.75, 3.05) is 20.8 Å². The monoisotopic (exact) mass is 381 g/mol. The third-order valence-electron chi connectivity index (χ3n) is 4.66. The Balaban J connectivity index is 2.33. The summed E-state index contributed by atoms with van der Waals surface area (Å²) in [7, 11) is 3.22. The molecule has 148 valence electrons. The van der Waals surface area contributed by atoms with Gasteiger partial charge in [-0.2, -0.15) is 5.26 Å². The first-order valence-electron chi connectivity index (χ1n) is 9.20. The molecule has 0 aliphatic carbocycles. The summed E-state index contributed by atoms with van der Waals surface area (Å²) in [5.41, 5.74) is 3.86. The fourth-order valence-electron chi connectivity index (χ4n) is 3.09. The van der Waals surface area contributed by atoms with Crippen molar-refractivity contribution < 1.29 is 14.3 Å². The van der Waals surface area contributed by atoms with Crippen LogP contribution >= 0.6 is 0 Å². The van der Waals surface area contributed by atoms with Gasteiger partial charge in [0.05, 0.1) is 19.8 Å². The third-order valence-corrected chi connectivity index (χ3v) is 4.66. The molecule has 0 spiro atoms. The topological polar surface area (TPSA) is 76.3 Å². The number of aryl methyl sites for hydroxylation is 1. The Labute approximate surface area is 166 Å². The highest BCUT2D eigenvalue weighted by Gasteiger charge is 2.16. The van der Waals surface area contributed by atoms with Gasteiger partial charge in [-0.1, -0.05) is 6.92 Å². The minimum absolute atomic E-state index is 0.0736.